The van der Waals surface area contributed by atoms with Gasteiger partial charge in [-0.3, -0.25) is 0 Å². The molecule has 2 aromatic rings. The third kappa shape index (κ3) is 2.35. The summed E-state index contributed by atoms with van der Waals surface area (Å²) >= 11 is 5.81. The normalized spacial score (nSPS) is 12.5. The van der Waals surface area contributed by atoms with Crippen molar-refractivity contribution in [1.29, 1.82) is 0 Å². The lowest BCUT2D eigenvalue weighted by atomic mass is 9.98. The van der Waals surface area contributed by atoms with Gasteiger partial charge in [-0.25, -0.2) is 13.2 Å². The first-order valence-electron chi connectivity index (χ1n) is 5.15. The van der Waals surface area contributed by atoms with Gasteiger partial charge in [-0.2, -0.15) is 0 Å². The van der Waals surface area contributed by atoms with E-state index in [2.05, 4.69) is 0 Å². The minimum Gasteiger partial charge on any atom is -0.320 e. The molecule has 5 heteroatoms. The van der Waals surface area contributed by atoms with Gasteiger partial charge in [0.25, 0.3) is 0 Å². The van der Waals surface area contributed by atoms with Crippen LogP contribution in [0.1, 0.15) is 17.2 Å². The van der Waals surface area contributed by atoms with Crippen molar-refractivity contribution >= 4 is 11.6 Å². The molecule has 1 unspecified atom stereocenters. The van der Waals surface area contributed by atoms with E-state index in [-0.39, 0.29) is 16.1 Å². The van der Waals surface area contributed by atoms with E-state index in [0.29, 0.717) is 0 Å². The highest BCUT2D eigenvalue weighted by Gasteiger charge is 2.20. The van der Waals surface area contributed by atoms with Crippen LogP contribution in [0, 0.1) is 17.5 Å². The van der Waals surface area contributed by atoms with Gasteiger partial charge in [0.2, 0.25) is 0 Å². The molecule has 0 heterocycles. The van der Waals surface area contributed by atoms with Crippen LogP contribution in [0.15, 0.2) is 36.4 Å². The Balaban J connectivity index is 2.51. The zero-order valence-electron chi connectivity index (χ0n) is 9.13. The van der Waals surface area contributed by atoms with Crippen molar-refractivity contribution < 1.29 is 13.2 Å². The Bertz CT molecular complexity index is 566. The quantitative estimate of drug-likeness (QED) is 0.883. The Morgan fingerprint density at radius 2 is 1.61 bits per heavy atom. The fourth-order valence-electron chi connectivity index (χ4n) is 1.72. The summed E-state index contributed by atoms with van der Waals surface area (Å²) < 4.78 is 40.0. The van der Waals surface area contributed by atoms with Gasteiger partial charge >= 0.3 is 0 Å². The third-order valence-corrected chi connectivity index (χ3v) is 2.94. The summed E-state index contributed by atoms with van der Waals surface area (Å²) in [6.45, 7) is 0. The van der Waals surface area contributed by atoms with E-state index >= 15 is 0 Å². The summed E-state index contributed by atoms with van der Waals surface area (Å²) in [6.07, 6.45) is 0. The van der Waals surface area contributed by atoms with E-state index in [1.54, 1.807) is 0 Å². The molecule has 18 heavy (non-hydrogen) atoms. The molecular weight excluding hydrogens is 263 g/mol. The van der Waals surface area contributed by atoms with Gasteiger partial charge in [-0.05, 0) is 29.8 Å². The molecule has 0 saturated carbocycles. The predicted octanol–water partition coefficient (Wildman–Crippen LogP) is 3.81. The SMILES string of the molecule is NC(c1ccc(F)cc1Cl)c1c(F)cccc1F. The number of hydrogen-bond acceptors (Lipinski definition) is 1. The molecule has 2 rings (SSSR count). The van der Waals surface area contributed by atoms with Gasteiger partial charge in [0.1, 0.15) is 17.5 Å². The van der Waals surface area contributed by atoms with E-state index in [0.717, 1.165) is 24.3 Å². The van der Waals surface area contributed by atoms with Crippen molar-refractivity contribution in [3.8, 4) is 0 Å². The van der Waals surface area contributed by atoms with Crippen LogP contribution in [0.5, 0.6) is 0 Å². The molecule has 1 nitrogen and oxygen atoms in total. The van der Waals surface area contributed by atoms with Crippen molar-refractivity contribution in [3.05, 3.63) is 70.0 Å². The van der Waals surface area contributed by atoms with Gasteiger partial charge in [0, 0.05) is 10.6 Å². The lowest BCUT2D eigenvalue weighted by Crippen LogP contribution is -2.16. The molecule has 0 fully saturated rings. The molecule has 2 N–H and O–H groups in total. The van der Waals surface area contributed by atoms with Crippen molar-refractivity contribution in [1.82, 2.24) is 0 Å². The molecule has 0 aliphatic carbocycles. The smallest absolute Gasteiger partial charge is 0.131 e. The summed E-state index contributed by atoms with van der Waals surface area (Å²) in [4.78, 5) is 0. The zero-order chi connectivity index (χ0) is 13.3. The molecule has 2 aromatic carbocycles. The molecule has 1 atom stereocenters. The van der Waals surface area contributed by atoms with Gasteiger partial charge < -0.3 is 5.73 Å². The molecule has 0 radical (unpaired) electrons. The van der Waals surface area contributed by atoms with E-state index in [1.165, 1.54) is 12.1 Å². The Hall–Kier alpha value is -1.52. The number of benzene rings is 2. The molecule has 0 spiro atoms. The van der Waals surface area contributed by atoms with Gasteiger partial charge in [-0.15, -0.1) is 0 Å². The highest BCUT2D eigenvalue weighted by Crippen LogP contribution is 2.29. The highest BCUT2D eigenvalue weighted by atomic mass is 35.5. The molecule has 0 aliphatic heterocycles. The van der Waals surface area contributed by atoms with Crippen LogP contribution in [-0.2, 0) is 0 Å². The van der Waals surface area contributed by atoms with Crippen LogP contribution in [0.25, 0.3) is 0 Å². The summed E-state index contributed by atoms with van der Waals surface area (Å²) in [7, 11) is 0. The second kappa shape index (κ2) is 5.00. The van der Waals surface area contributed by atoms with Crippen LogP contribution in [-0.4, -0.2) is 0 Å². The molecule has 0 aromatic heterocycles. The van der Waals surface area contributed by atoms with Crippen molar-refractivity contribution in [2.75, 3.05) is 0 Å². The maximum Gasteiger partial charge on any atom is 0.131 e. The highest BCUT2D eigenvalue weighted by molar-refractivity contribution is 6.31. The second-order valence-corrected chi connectivity index (χ2v) is 4.19. The van der Waals surface area contributed by atoms with Gasteiger partial charge in [0.05, 0.1) is 6.04 Å². The maximum atomic E-state index is 13.6. The van der Waals surface area contributed by atoms with Crippen LogP contribution in [0.2, 0.25) is 5.02 Å². The van der Waals surface area contributed by atoms with Crippen LogP contribution in [0.4, 0.5) is 13.2 Å². The molecule has 0 saturated heterocycles. The number of halogens is 4. The second-order valence-electron chi connectivity index (χ2n) is 3.78. The first kappa shape index (κ1) is 12.9. The minimum atomic E-state index is -1.08. The Kier molecular flexibility index (Phi) is 3.59. The molecule has 0 bridgehead atoms. The number of rotatable bonds is 2. The lowest BCUT2D eigenvalue weighted by Gasteiger charge is -2.15. The Morgan fingerprint density at radius 3 is 2.17 bits per heavy atom. The number of hydrogen-bond donors (Lipinski definition) is 1. The standard InChI is InChI=1S/C13H9ClF3N/c14-9-6-7(15)4-5-8(9)13(18)12-10(16)2-1-3-11(12)17/h1-6,13H,18H2. The summed E-state index contributed by atoms with van der Waals surface area (Å²) in [5.74, 6) is -2.06. The summed E-state index contributed by atoms with van der Waals surface area (Å²) in [6, 6.07) is 5.88. The zero-order valence-corrected chi connectivity index (χ0v) is 9.89. The lowest BCUT2D eigenvalue weighted by molar-refractivity contribution is 0.543. The summed E-state index contributed by atoms with van der Waals surface area (Å²) in [5, 5.41) is 0.0325. The largest absolute Gasteiger partial charge is 0.320 e. The molecule has 0 aliphatic rings. The van der Waals surface area contributed by atoms with E-state index < -0.39 is 23.5 Å². The molecule has 0 amide bonds. The minimum absolute atomic E-state index is 0.0325. The molecular formula is C13H9ClF3N. The Labute approximate surface area is 107 Å². The first-order valence-corrected chi connectivity index (χ1v) is 5.53. The first-order chi connectivity index (χ1) is 8.50. The van der Waals surface area contributed by atoms with Crippen molar-refractivity contribution in [3.63, 3.8) is 0 Å². The van der Waals surface area contributed by atoms with E-state index in [9.17, 15) is 13.2 Å². The maximum absolute atomic E-state index is 13.6. The fraction of sp³-hybridized carbons (Fsp3) is 0.0769. The van der Waals surface area contributed by atoms with Crippen LogP contribution in [0.3, 0.4) is 0 Å². The monoisotopic (exact) mass is 271 g/mol. The van der Waals surface area contributed by atoms with Crippen molar-refractivity contribution in [2.45, 2.75) is 6.04 Å². The van der Waals surface area contributed by atoms with Crippen molar-refractivity contribution in [2.24, 2.45) is 5.73 Å². The third-order valence-electron chi connectivity index (χ3n) is 2.61. The van der Waals surface area contributed by atoms with Gasteiger partial charge in [0.15, 0.2) is 0 Å². The van der Waals surface area contributed by atoms with E-state index in [4.69, 9.17) is 17.3 Å². The van der Waals surface area contributed by atoms with Gasteiger partial charge in [-0.1, -0.05) is 23.7 Å². The van der Waals surface area contributed by atoms with Crippen LogP contribution >= 0.6 is 11.6 Å². The van der Waals surface area contributed by atoms with Crippen LogP contribution < -0.4 is 5.73 Å². The number of nitrogens with two attached hydrogens (primary N) is 1. The molecule has 94 valence electrons. The average molecular weight is 272 g/mol. The summed E-state index contributed by atoms with van der Waals surface area (Å²) in [5.41, 5.74) is 5.76. The fourth-order valence-corrected chi connectivity index (χ4v) is 2.00. The topological polar surface area (TPSA) is 26.0 Å². The predicted molar refractivity (Wildman–Crippen MR) is 63.8 cm³/mol. The average Bonchev–Trinajstić information content (AvgIpc) is 2.28. The Morgan fingerprint density at radius 1 is 1.00 bits per heavy atom. The van der Waals surface area contributed by atoms with E-state index in [1.807, 2.05) is 0 Å².